The van der Waals surface area contributed by atoms with E-state index in [1.807, 2.05) is 12.4 Å². The number of ether oxygens (including phenoxy) is 1. The van der Waals surface area contributed by atoms with E-state index in [4.69, 9.17) is 9.84 Å². The number of rotatable bonds is 2. The number of aromatic carboxylic acids is 1. The maximum absolute atomic E-state index is 11.0. The summed E-state index contributed by atoms with van der Waals surface area (Å²) < 4.78 is 7.61. The first-order chi connectivity index (χ1) is 9.16. The van der Waals surface area contributed by atoms with E-state index in [0.29, 0.717) is 12.0 Å². The third-order valence-corrected chi connectivity index (χ3v) is 3.77. The van der Waals surface area contributed by atoms with E-state index >= 15 is 0 Å². The van der Waals surface area contributed by atoms with Crippen molar-refractivity contribution in [2.75, 3.05) is 13.2 Å². The zero-order valence-corrected chi connectivity index (χ0v) is 10.7. The van der Waals surface area contributed by atoms with Crippen molar-refractivity contribution in [2.45, 2.75) is 19.4 Å². The van der Waals surface area contributed by atoms with Gasteiger partial charge in [-0.1, -0.05) is 6.92 Å². The van der Waals surface area contributed by atoms with Gasteiger partial charge in [0.25, 0.3) is 0 Å². The zero-order chi connectivity index (χ0) is 13.4. The Labute approximate surface area is 110 Å². The van der Waals surface area contributed by atoms with Crippen LogP contribution in [0.25, 0.3) is 11.0 Å². The van der Waals surface area contributed by atoms with Crippen LogP contribution >= 0.6 is 0 Å². The molecule has 2 atom stereocenters. The first-order valence-corrected chi connectivity index (χ1v) is 6.44. The van der Waals surface area contributed by atoms with Gasteiger partial charge in [-0.05, 0) is 24.6 Å². The molecule has 1 aliphatic rings. The summed E-state index contributed by atoms with van der Waals surface area (Å²) in [5.41, 5.74) is 2.00. The molecule has 5 heteroatoms. The SMILES string of the molecule is CC1COCCC1n1cnc2cc(C(=O)O)ccc21. The highest BCUT2D eigenvalue weighted by Crippen LogP contribution is 2.29. The van der Waals surface area contributed by atoms with Crippen molar-refractivity contribution >= 4 is 17.0 Å². The quantitative estimate of drug-likeness (QED) is 0.900. The van der Waals surface area contributed by atoms with Crippen LogP contribution in [0.2, 0.25) is 0 Å². The number of aromatic nitrogens is 2. The fourth-order valence-corrected chi connectivity index (χ4v) is 2.71. The predicted octanol–water partition coefficient (Wildman–Crippen LogP) is 2.33. The fourth-order valence-electron chi connectivity index (χ4n) is 2.71. The van der Waals surface area contributed by atoms with Crippen LogP contribution in [0.1, 0.15) is 29.7 Å². The Morgan fingerprint density at radius 1 is 1.53 bits per heavy atom. The molecule has 2 heterocycles. The molecule has 100 valence electrons. The van der Waals surface area contributed by atoms with Crippen LogP contribution in [0.5, 0.6) is 0 Å². The largest absolute Gasteiger partial charge is 0.478 e. The summed E-state index contributed by atoms with van der Waals surface area (Å²) in [6, 6.07) is 5.47. The first kappa shape index (κ1) is 12.2. The number of carboxylic acid groups (broad SMARTS) is 1. The summed E-state index contributed by atoms with van der Waals surface area (Å²) >= 11 is 0. The summed E-state index contributed by atoms with van der Waals surface area (Å²) in [6.07, 6.45) is 2.77. The van der Waals surface area contributed by atoms with Gasteiger partial charge in [0, 0.05) is 18.6 Å². The Hall–Kier alpha value is -1.88. The van der Waals surface area contributed by atoms with Crippen LogP contribution in [0.3, 0.4) is 0 Å². The number of carbonyl (C=O) groups is 1. The Kier molecular flexibility index (Phi) is 2.98. The van der Waals surface area contributed by atoms with Gasteiger partial charge in [-0.15, -0.1) is 0 Å². The standard InChI is InChI=1S/C14H16N2O3/c1-9-7-19-5-4-12(9)16-8-15-11-6-10(14(17)18)2-3-13(11)16/h2-3,6,8-9,12H,4-5,7H2,1H3,(H,17,18). The molecular weight excluding hydrogens is 244 g/mol. The molecule has 0 saturated carbocycles. The number of carboxylic acids is 1. The minimum Gasteiger partial charge on any atom is -0.478 e. The molecule has 2 aromatic rings. The van der Waals surface area contributed by atoms with Crippen LogP contribution in [-0.2, 0) is 4.74 Å². The van der Waals surface area contributed by atoms with Gasteiger partial charge in [-0.2, -0.15) is 0 Å². The van der Waals surface area contributed by atoms with Crippen molar-refractivity contribution in [2.24, 2.45) is 5.92 Å². The van der Waals surface area contributed by atoms with Crippen LogP contribution in [-0.4, -0.2) is 33.8 Å². The van der Waals surface area contributed by atoms with Crippen molar-refractivity contribution < 1.29 is 14.6 Å². The van der Waals surface area contributed by atoms with Crippen LogP contribution in [0, 0.1) is 5.92 Å². The van der Waals surface area contributed by atoms with Crippen molar-refractivity contribution in [3.05, 3.63) is 30.1 Å². The van der Waals surface area contributed by atoms with Crippen molar-refractivity contribution in [1.82, 2.24) is 9.55 Å². The second kappa shape index (κ2) is 4.66. The molecule has 1 N–H and O–H groups in total. The third kappa shape index (κ3) is 2.10. The first-order valence-electron chi connectivity index (χ1n) is 6.44. The van der Waals surface area contributed by atoms with Gasteiger partial charge >= 0.3 is 5.97 Å². The van der Waals surface area contributed by atoms with Gasteiger partial charge in [-0.25, -0.2) is 9.78 Å². The summed E-state index contributed by atoms with van der Waals surface area (Å²) in [5, 5.41) is 8.99. The van der Waals surface area contributed by atoms with E-state index in [1.165, 1.54) is 0 Å². The second-order valence-corrected chi connectivity index (χ2v) is 5.07. The summed E-state index contributed by atoms with van der Waals surface area (Å²) in [4.78, 5) is 15.3. The Bertz CT molecular complexity index is 620. The smallest absolute Gasteiger partial charge is 0.335 e. The Balaban J connectivity index is 2.03. The second-order valence-electron chi connectivity index (χ2n) is 5.07. The topological polar surface area (TPSA) is 64.4 Å². The average molecular weight is 260 g/mol. The minimum atomic E-state index is -0.920. The molecule has 0 spiro atoms. The molecule has 1 aliphatic heterocycles. The Morgan fingerprint density at radius 2 is 2.37 bits per heavy atom. The average Bonchev–Trinajstić information content (AvgIpc) is 2.82. The van der Waals surface area contributed by atoms with Gasteiger partial charge in [0.2, 0.25) is 0 Å². The lowest BCUT2D eigenvalue weighted by Gasteiger charge is -2.30. The van der Waals surface area contributed by atoms with E-state index in [9.17, 15) is 4.79 Å². The molecule has 3 rings (SSSR count). The van der Waals surface area contributed by atoms with E-state index in [0.717, 1.165) is 30.7 Å². The maximum Gasteiger partial charge on any atom is 0.335 e. The van der Waals surface area contributed by atoms with Crippen LogP contribution in [0.15, 0.2) is 24.5 Å². The van der Waals surface area contributed by atoms with Gasteiger partial charge in [0.15, 0.2) is 0 Å². The van der Waals surface area contributed by atoms with Crippen molar-refractivity contribution in [1.29, 1.82) is 0 Å². The molecule has 1 aromatic heterocycles. The molecule has 1 aromatic carbocycles. The third-order valence-electron chi connectivity index (χ3n) is 3.77. The van der Waals surface area contributed by atoms with Crippen molar-refractivity contribution in [3.63, 3.8) is 0 Å². The molecule has 19 heavy (non-hydrogen) atoms. The van der Waals surface area contributed by atoms with Crippen molar-refractivity contribution in [3.8, 4) is 0 Å². The van der Waals surface area contributed by atoms with Gasteiger partial charge in [0.05, 0.1) is 29.5 Å². The zero-order valence-electron chi connectivity index (χ0n) is 10.7. The lowest BCUT2D eigenvalue weighted by atomic mass is 9.97. The Morgan fingerprint density at radius 3 is 3.11 bits per heavy atom. The number of fused-ring (bicyclic) bond motifs is 1. The van der Waals surface area contributed by atoms with Gasteiger partial charge < -0.3 is 14.4 Å². The number of imidazole rings is 1. The summed E-state index contributed by atoms with van der Waals surface area (Å²) in [6.45, 7) is 3.70. The lowest BCUT2D eigenvalue weighted by Crippen LogP contribution is -2.27. The van der Waals surface area contributed by atoms with E-state index in [1.54, 1.807) is 12.1 Å². The molecule has 1 fully saturated rings. The normalized spacial score (nSPS) is 23.6. The number of hydrogen-bond donors (Lipinski definition) is 1. The number of hydrogen-bond acceptors (Lipinski definition) is 3. The monoisotopic (exact) mass is 260 g/mol. The van der Waals surface area contributed by atoms with Crippen LogP contribution < -0.4 is 0 Å². The molecule has 0 amide bonds. The lowest BCUT2D eigenvalue weighted by molar-refractivity contribution is 0.0298. The molecular formula is C14H16N2O3. The maximum atomic E-state index is 11.0. The van der Waals surface area contributed by atoms with E-state index in [-0.39, 0.29) is 5.56 Å². The predicted molar refractivity (Wildman–Crippen MR) is 70.3 cm³/mol. The molecule has 1 saturated heterocycles. The molecule has 0 bridgehead atoms. The summed E-state index contributed by atoms with van der Waals surface area (Å²) in [5.74, 6) is -0.485. The summed E-state index contributed by atoms with van der Waals surface area (Å²) in [7, 11) is 0. The highest BCUT2D eigenvalue weighted by Gasteiger charge is 2.24. The van der Waals surface area contributed by atoms with E-state index in [2.05, 4.69) is 16.5 Å². The number of nitrogens with zero attached hydrogens (tertiary/aromatic N) is 2. The number of benzene rings is 1. The van der Waals surface area contributed by atoms with Gasteiger partial charge in [0.1, 0.15) is 0 Å². The van der Waals surface area contributed by atoms with Gasteiger partial charge in [-0.3, -0.25) is 0 Å². The molecule has 2 unspecified atom stereocenters. The van der Waals surface area contributed by atoms with Crippen LogP contribution in [0.4, 0.5) is 0 Å². The molecule has 5 nitrogen and oxygen atoms in total. The fraction of sp³-hybridized carbons (Fsp3) is 0.429. The highest BCUT2D eigenvalue weighted by atomic mass is 16.5. The highest BCUT2D eigenvalue weighted by molar-refractivity contribution is 5.92. The molecule has 0 radical (unpaired) electrons. The molecule has 0 aliphatic carbocycles. The van der Waals surface area contributed by atoms with E-state index < -0.39 is 5.97 Å². The minimum absolute atomic E-state index is 0.276.